The van der Waals surface area contributed by atoms with Crippen LogP contribution in [0.25, 0.3) is 0 Å². The monoisotopic (exact) mass is 277 g/mol. The summed E-state index contributed by atoms with van der Waals surface area (Å²) in [5.41, 5.74) is -0.370. The Morgan fingerprint density at radius 3 is 2.39 bits per heavy atom. The van der Waals surface area contributed by atoms with Crippen LogP contribution in [-0.4, -0.2) is 42.1 Å². The summed E-state index contributed by atoms with van der Waals surface area (Å²) >= 11 is 0. The SMILES string of the molecule is CC1CCN(S(=O)(=O)CC(C)(C)C)C(C(=O)O)C1. The quantitative estimate of drug-likeness (QED) is 0.849. The van der Waals surface area contributed by atoms with Crippen LogP contribution in [0.3, 0.4) is 0 Å². The molecule has 2 unspecified atom stereocenters. The summed E-state index contributed by atoms with van der Waals surface area (Å²) < 4.78 is 25.8. The van der Waals surface area contributed by atoms with Gasteiger partial charge in [0.15, 0.2) is 0 Å². The smallest absolute Gasteiger partial charge is 0.322 e. The normalized spacial score (nSPS) is 27.1. The lowest BCUT2D eigenvalue weighted by Crippen LogP contribution is -2.51. The minimum absolute atomic E-state index is 0.0157. The fourth-order valence-electron chi connectivity index (χ4n) is 2.31. The Balaban J connectivity index is 2.95. The van der Waals surface area contributed by atoms with Crippen molar-refractivity contribution in [2.45, 2.75) is 46.6 Å². The second-order valence-electron chi connectivity index (χ2n) is 6.41. The van der Waals surface area contributed by atoms with E-state index in [-0.39, 0.29) is 17.1 Å². The molecule has 0 amide bonds. The molecule has 106 valence electrons. The van der Waals surface area contributed by atoms with Crippen LogP contribution in [0.1, 0.15) is 40.5 Å². The van der Waals surface area contributed by atoms with Gasteiger partial charge < -0.3 is 5.11 Å². The van der Waals surface area contributed by atoms with Crippen molar-refractivity contribution in [3.63, 3.8) is 0 Å². The van der Waals surface area contributed by atoms with E-state index in [1.54, 1.807) is 0 Å². The number of nitrogens with zero attached hydrogens (tertiary/aromatic N) is 1. The number of rotatable bonds is 3. The summed E-state index contributed by atoms with van der Waals surface area (Å²) in [6, 6.07) is -0.902. The Morgan fingerprint density at radius 2 is 1.94 bits per heavy atom. The third-order valence-corrected chi connectivity index (χ3v) is 5.46. The van der Waals surface area contributed by atoms with Crippen molar-refractivity contribution in [2.75, 3.05) is 12.3 Å². The van der Waals surface area contributed by atoms with E-state index in [1.807, 2.05) is 27.7 Å². The standard InChI is InChI=1S/C12H23NO4S/c1-9-5-6-13(10(7-9)11(14)15)18(16,17)8-12(2,3)4/h9-10H,5-8H2,1-4H3,(H,14,15). The second kappa shape index (κ2) is 5.17. The van der Waals surface area contributed by atoms with Crippen molar-refractivity contribution < 1.29 is 18.3 Å². The van der Waals surface area contributed by atoms with Crippen LogP contribution in [0, 0.1) is 11.3 Å². The summed E-state index contributed by atoms with van der Waals surface area (Å²) in [6.45, 7) is 7.80. The van der Waals surface area contributed by atoms with Gasteiger partial charge in [0.25, 0.3) is 0 Å². The van der Waals surface area contributed by atoms with Crippen molar-refractivity contribution >= 4 is 16.0 Å². The van der Waals surface area contributed by atoms with Crippen molar-refractivity contribution in [3.8, 4) is 0 Å². The zero-order chi connectivity index (χ0) is 14.1. The van der Waals surface area contributed by atoms with Gasteiger partial charge in [-0.25, -0.2) is 8.42 Å². The number of sulfonamides is 1. The first kappa shape index (κ1) is 15.4. The molecule has 0 saturated carbocycles. The fourth-order valence-corrected chi connectivity index (χ4v) is 4.51. The first-order valence-corrected chi connectivity index (χ1v) is 7.86. The molecule has 6 heteroatoms. The number of carboxylic acids is 1. The highest BCUT2D eigenvalue weighted by Crippen LogP contribution is 2.28. The van der Waals surface area contributed by atoms with E-state index in [2.05, 4.69) is 0 Å². The molecule has 0 spiro atoms. The molecule has 0 bridgehead atoms. The third-order valence-electron chi connectivity index (χ3n) is 3.07. The van der Waals surface area contributed by atoms with Crippen molar-refractivity contribution in [1.82, 2.24) is 4.31 Å². The molecule has 1 saturated heterocycles. The highest BCUT2D eigenvalue weighted by molar-refractivity contribution is 7.89. The third kappa shape index (κ3) is 3.95. The van der Waals surface area contributed by atoms with Crippen LogP contribution in [0.2, 0.25) is 0 Å². The molecule has 18 heavy (non-hydrogen) atoms. The van der Waals surface area contributed by atoms with Crippen LogP contribution < -0.4 is 0 Å². The Hall–Kier alpha value is -0.620. The zero-order valence-corrected chi connectivity index (χ0v) is 12.3. The highest BCUT2D eigenvalue weighted by Gasteiger charge is 2.40. The molecule has 2 atom stereocenters. The van der Waals surface area contributed by atoms with Crippen LogP contribution in [0.4, 0.5) is 0 Å². The van der Waals surface area contributed by atoms with Gasteiger partial charge in [0.05, 0.1) is 5.75 Å². The van der Waals surface area contributed by atoms with Gasteiger partial charge >= 0.3 is 5.97 Å². The number of carbonyl (C=O) groups is 1. The molecule has 1 N–H and O–H groups in total. The van der Waals surface area contributed by atoms with E-state index in [0.29, 0.717) is 13.0 Å². The second-order valence-corrected chi connectivity index (χ2v) is 8.33. The van der Waals surface area contributed by atoms with Gasteiger partial charge in [-0.3, -0.25) is 4.79 Å². The summed E-state index contributed by atoms with van der Waals surface area (Å²) in [7, 11) is -3.51. The lowest BCUT2D eigenvalue weighted by molar-refractivity contribution is -0.143. The maximum Gasteiger partial charge on any atom is 0.322 e. The minimum Gasteiger partial charge on any atom is -0.480 e. The number of hydrogen-bond acceptors (Lipinski definition) is 3. The highest BCUT2D eigenvalue weighted by atomic mass is 32.2. The lowest BCUT2D eigenvalue weighted by atomic mass is 9.94. The minimum atomic E-state index is -3.51. The molecule has 1 rings (SSSR count). The van der Waals surface area contributed by atoms with E-state index in [1.165, 1.54) is 4.31 Å². The van der Waals surface area contributed by atoms with Crippen LogP contribution in [-0.2, 0) is 14.8 Å². The summed E-state index contributed by atoms with van der Waals surface area (Å²) in [5.74, 6) is -0.802. The van der Waals surface area contributed by atoms with E-state index in [4.69, 9.17) is 0 Å². The van der Waals surface area contributed by atoms with Gasteiger partial charge in [0.2, 0.25) is 10.0 Å². The molecule has 0 radical (unpaired) electrons. The van der Waals surface area contributed by atoms with Gasteiger partial charge in [-0.15, -0.1) is 0 Å². The van der Waals surface area contributed by atoms with E-state index >= 15 is 0 Å². The van der Waals surface area contributed by atoms with Crippen LogP contribution in [0.15, 0.2) is 0 Å². The van der Waals surface area contributed by atoms with Crippen molar-refractivity contribution in [1.29, 1.82) is 0 Å². The molecular formula is C12H23NO4S. The largest absolute Gasteiger partial charge is 0.480 e. The predicted molar refractivity (Wildman–Crippen MR) is 69.8 cm³/mol. The average molecular weight is 277 g/mol. The average Bonchev–Trinajstić information content (AvgIpc) is 2.12. The number of piperidine rings is 1. The number of aliphatic carboxylic acids is 1. The molecule has 0 aliphatic carbocycles. The Bertz CT molecular complexity index is 410. The fraction of sp³-hybridized carbons (Fsp3) is 0.917. The van der Waals surface area contributed by atoms with Crippen LogP contribution in [0.5, 0.6) is 0 Å². The van der Waals surface area contributed by atoms with Crippen molar-refractivity contribution in [2.24, 2.45) is 11.3 Å². The molecule has 5 nitrogen and oxygen atoms in total. The Morgan fingerprint density at radius 1 is 1.39 bits per heavy atom. The van der Waals surface area contributed by atoms with Crippen LogP contribution >= 0.6 is 0 Å². The zero-order valence-electron chi connectivity index (χ0n) is 11.5. The molecule has 0 aromatic heterocycles. The van der Waals surface area contributed by atoms with Gasteiger partial charge in [0, 0.05) is 6.54 Å². The molecule has 1 aliphatic heterocycles. The first-order valence-electron chi connectivity index (χ1n) is 6.25. The lowest BCUT2D eigenvalue weighted by Gasteiger charge is -2.36. The molecule has 0 aromatic carbocycles. The molecule has 1 heterocycles. The molecular weight excluding hydrogens is 254 g/mol. The number of carboxylic acid groups (broad SMARTS) is 1. The topological polar surface area (TPSA) is 74.7 Å². The molecule has 1 aliphatic rings. The summed E-state index contributed by atoms with van der Waals surface area (Å²) in [6.07, 6.45) is 1.13. The maximum atomic E-state index is 12.3. The summed E-state index contributed by atoms with van der Waals surface area (Å²) in [4.78, 5) is 11.2. The van der Waals surface area contributed by atoms with Gasteiger partial charge in [-0.1, -0.05) is 27.7 Å². The Kier molecular flexibility index (Phi) is 4.43. The predicted octanol–water partition coefficient (Wildman–Crippen LogP) is 1.55. The van der Waals surface area contributed by atoms with E-state index < -0.39 is 22.0 Å². The summed E-state index contributed by atoms with van der Waals surface area (Å²) in [5, 5.41) is 9.18. The molecule has 1 fully saturated rings. The van der Waals surface area contributed by atoms with Gasteiger partial charge in [0.1, 0.15) is 6.04 Å². The number of hydrogen-bond donors (Lipinski definition) is 1. The van der Waals surface area contributed by atoms with Crippen molar-refractivity contribution in [3.05, 3.63) is 0 Å². The van der Waals surface area contributed by atoms with Gasteiger partial charge in [-0.05, 0) is 24.2 Å². The Labute approximate surface area is 109 Å². The van der Waals surface area contributed by atoms with E-state index in [0.717, 1.165) is 6.42 Å². The van der Waals surface area contributed by atoms with Gasteiger partial charge in [-0.2, -0.15) is 4.31 Å². The molecule has 0 aromatic rings. The first-order chi connectivity index (χ1) is 8.03. The van der Waals surface area contributed by atoms with E-state index in [9.17, 15) is 18.3 Å². The maximum absolute atomic E-state index is 12.3.